The van der Waals surface area contributed by atoms with Crippen LogP contribution in [0.3, 0.4) is 0 Å². The molecule has 338 valence electrons. The Morgan fingerprint density at radius 1 is 0.466 bits per heavy atom. The number of hydrogen-bond acceptors (Lipinski definition) is 7. The van der Waals surface area contributed by atoms with Gasteiger partial charge in [-0.15, -0.1) is 0 Å². The number of hydrogen-bond donors (Lipinski definition) is 1. The van der Waals surface area contributed by atoms with Gasteiger partial charge in [0.05, 0.1) is 13.2 Å². The lowest BCUT2D eigenvalue weighted by molar-refractivity contribution is -0.161. The lowest BCUT2D eigenvalue weighted by Crippen LogP contribution is -2.29. The molecule has 0 aromatic carbocycles. The summed E-state index contributed by atoms with van der Waals surface area (Å²) in [7, 11) is -4.29. The SMILES string of the molecule is CCCCC/C=C\C/C=C\CCCCCCCCCC(=O)OCC(COP(=O)(O)OCC)OC(=O)CCCCCCCCCCC/C=C\C/C=C\CCCCCCC. The molecule has 0 saturated carbocycles. The van der Waals surface area contributed by atoms with E-state index in [1.165, 1.54) is 122 Å². The first-order chi connectivity index (χ1) is 28.3. The fourth-order valence-corrected chi connectivity index (χ4v) is 7.33. The first-order valence-corrected chi connectivity index (χ1v) is 25.4. The molecule has 0 spiro atoms. The first-order valence-electron chi connectivity index (χ1n) is 23.9. The number of rotatable bonds is 44. The van der Waals surface area contributed by atoms with Gasteiger partial charge >= 0.3 is 19.8 Å². The minimum absolute atomic E-state index is 0.00281. The Bertz CT molecular complexity index is 1080. The quantitative estimate of drug-likeness (QED) is 0.0280. The second-order valence-electron chi connectivity index (χ2n) is 15.8. The summed E-state index contributed by atoms with van der Waals surface area (Å²) in [6.45, 7) is 5.45. The van der Waals surface area contributed by atoms with Crippen molar-refractivity contribution in [2.45, 2.75) is 232 Å². The van der Waals surface area contributed by atoms with Gasteiger partial charge in [-0.05, 0) is 84.0 Å². The van der Waals surface area contributed by atoms with Crippen LogP contribution in [0.15, 0.2) is 48.6 Å². The normalized spacial score (nSPS) is 13.7. The highest BCUT2D eigenvalue weighted by molar-refractivity contribution is 7.47. The third-order valence-corrected chi connectivity index (χ3v) is 11.2. The van der Waals surface area contributed by atoms with Gasteiger partial charge in [-0.3, -0.25) is 18.6 Å². The van der Waals surface area contributed by atoms with Gasteiger partial charge in [0.15, 0.2) is 6.10 Å². The number of carbonyl (C=O) groups is 2. The van der Waals surface area contributed by atoms with Crippen LogP contribution in [-0.4, -0.2) is 42.8 Å². The molecule has 0 radical (unpaired) electrons. The Balaban J connectivity index is 4.04. The number of esters is 2. The van der Waals surface area contributed by atoms with Crippen LogP contribution in [0.1, 0.15) is 226 Å². The summed E-state index contributed by atoms with van der Waals surface area (Å²) < 4.78 is 32.7. The molecule has 0 aromatic rings. The van der Waals surface area contributed by atoms with Gasteiger partial charge in [0.25, 0.3) is 0 Å². The molecule has 0 aliphatic carbocycles. The van der Waals surface area contributed by atoms with Crippen molar-refractivity contribution in [1.29, 1.82) is 0 Å². The van der Waals surface area contributed by atoms with E-state index in [1.54, 1.807) is 6.92 Å². The van der Waals surface area contributed by atoms with Crippen molar-refractivity contribution < 1.29 is 37.6 Å². The minimum atomic E-state index is -4.29. The molecule has 0 rings (SSSR count). The molecule has 0 amide bonds. The van der Waals surface area contributed by atoms with Crippen LogP contribution in [0.5, 0.6) is 0 Å². The molecule has 2 atom stereocenters. The zero-order valence-electron chi connectivity index (χ0n) is 37.7. The van der Waals surface area contributed by atoms with Crippen molar-refractivity contribution in [3.05, 3.63) is 48.6 Å². The highest BCUT2D eigenvalue weighted by Gasteiger charge is 2.25. The molecule has 0 saturated heterocycles. The zero-order chi connectivity index (χ0) is 42.5. The van der Waals surface area contributed by atoms with E-state index in [9.17, 15) is 19.0 Å². The molecule has 0 heterocycles. The molecule has 9 heteroatoms. The van der Waals surface area contributed by atoms with Crippen molar-refractivity contribution in [1.82, 2.24) is 0 Å². The summed E-state index contributed by atoms with van der Waals surface area (Å²) in [5.41, 5.74) is 0. The molecule has 2 unspecified atom stereocenters. The Kier molecular flexibility index (Phi) is 43.0. The van der Waals surface area contributed by atoms with Crippen LogP contribution in [0.2, 0.25) is 0 Å². The van der Waals surface area contributed by atoms with Crippen LogP contribution in [0.4, 0.5) is 0 Å². The van der Waals surface area contributed by atoms with Crippen molar-refractivity contribution >= 4 is 19.8 Å². The number of phosphoric acid groups is 1. The standard InChI is InChI=1S/C49H89O8P/c1-4-7-9-11-13-15-17-19-21-23-24-25-26-28-30-32-34-36-38-40-42-44-49(51)57-47(46-56-58(52,53)55-6-3)45-54-48(50)43-41-39-37-35-33-31-29-27-22-20-18-16-14-12-10-8-5-2/h14,16-17,19-20,22-24,47H,4-13,15,18,21,25-46H2,1-3H3,(H,52,53)/b16-14-,19-17-,22-20-,24-23-. The van der Waals surface area contributed by atoms with Crippen molar-refractivity contribution in [2.75, 3.05) is 19.8 Å². The summed E-state index contributed by atoms with van der Waals surface area (Å²) in [4.78, 5) is 34.9. The number of carbonyl (C=O) groups excluding carboxylic acids is 2. The number of phosphoric ester groups is 1. The maximum Gasteiger partial charge on any atom is 0.472 e. The van der Waals surface area contributed by atoms with Gasteiger partial charge in [-0.2, -0.15) is 0 Å². The van der Waals surface area contributed by atoms with Gasteiger partial charge in [0.1, 0.15) is 6.61 Å². The van der Waals surface area contributed by atoms with E-state index >= 15 is 0 Å². The van der Waals surface area contributed by atoms with Crippen LogP contribution < -0.4 is 0 Å². The molecule has 0 bridgehead atoms. The maximum absolute atomic E-state index is 12.6. The highest BCUT2D eigenvalue weighted by Crippen LogP contribution is 2.43. The molecule has 58 heavy (non-hydrogen) atoms. The Hall–Kier alpha value is -1.99. The lowest BCUT2D eigenvalue weighted by Gasteiger charge is -2.19. The van der Waals surface area contributed by atoms with Crippen molar-refractivity contribution in [2.24, 2.45) is 0 Å². The van der Waals surface area contributed by atoms with Crippen LogP contribution in [0, 0.1) is 0 Å². The predicted molar refractivity (Wildman–Crippen MR) is 244 cm³/mol. The predicted octanol–water partition coefficient (Wildman–Crippen LogP) is 15.3. The van der Waals surface area contributed by atoms with E-state index in [-0.39, 0.29) is 32.0 Å². The fourth-order valence-electron chi connectivity index (χ4n) is 6.57. The highest BCUT2D eigenvalue weighted by atomic mass is 31.2. The zero-order valence-corrected chi connectivity index (χ0v) is 38.6. The van der Waals surface area contributed by atoms with Crippen molar-refractivity contribution in [3.8, 4) is 0 Å². The monoisotopic (exact) mass is 837 g/mol. The largest absolute Gasteiger partial charge is 0.472 e. The molecule has 8 nitrogen and oxygen atoms in total. The van der Waals surface area contributed by atoms with Gasteiger partial charge < -0.3 is 14.4 Å². The summed E-state index contributed by atoms with van der Waals surface area (Å²) in [6, 6.07) is 0. The Morgan fingerprint density at radius 3 is 1.26 bits per heavy atom. The van der Waals surface area contributed by atoms with Crippen LogP contribution in [0.25, 0.3) is 0 Å². The third-order valence-electron chi connectivity index (χ3n) is 10.1. The summed E-state index contributed by atoms with van der Waals surface area (Å²) in [5.74, 6) is -0.808. The third kappa shape index (κ3) is 43.6. The van der Waals surface area contributed by atoms with Crippen LogP contribution >= 0.6 is 7.82 Å². The average Bonchev–Trinajstić information content (AvgIpc) is 3.20. The van der Waals surface area contributed by atoms with Gasteiger partial charge in [-0.25, -0.2) is 4.57 Å². The van der Waals surface area contributed by atoms with E-state index in [1.807, 2.05) is 0 Å². The second-order valence-corrected chi connectivity index (χ2v) is 17.2. The summed E-state index contributed by atoms with van der Waals surface area (Å²) in [5, 5.41) is 0. The Labute approximate surface area is 357 Å². The number of unbranched alkanes of at least 4 members (excludes halogenated alkanes) is 24. The fraction of sp³-hybridized carbons (Fsp3) is 0.796. The van der Waals surface area contributed by atoms with Gasteiger partial charge in [0, 0.05) is 12.8 Å². The van der Waals surface area contributed by atoms with E-state index in [0.717, 1.165) is 64.2 Å². The van der Waals surface area contributed by atoms with Gasteiger partial charge in [0.2, 0.25) is 0 Å². The lowest BCUT2D eigenvalue weighted by atomic mass is 10.1. The molecule has 1 N–H and O–H groups in total. The minimum Gasteiger partial charge on any atom is -0.462 e. The van der Waals surface area contributed by atoms with E-state index < -0.39 is 26.5 Å². The van der Waals surface area contributed by atoms with E-state index in [4.69, 9.17) is 18.5 Å². The average molecular weight is 837 g/mol. The summed E-state index contributed by atoms with van der Waals surface area (Å²) in [6.07, 6.45) is 53.0. The molecule has 0 aliphatic rings. The number of allylic oxidation sites excluding steroid dienone is 8. The summed E-state index contributed by atoms with van der Waals surface area (Å²) >= 11 is 0. The molecule has 0 fully saturated rings. The smallest absolute Gasteiger partial charge is 0.462 e. The molecular weight excluding hydrogens is 748 g/mol. The number of ether oxygens (including phenoxy) is 2. The molecule has 0 aliphatic heterocycles. The van der Waals surface area contributed by atoms with E-state index in [0.29, 0.717) is 6.42 Å². The van der Waals surface area contributed by atoms with Crippen molar-refractivity contribution in [3.63, 3.8) is 0 Å². The topological polar surface area (TPSA) is 108 Å². The maximum atomic E-state index is 12.6. The van der Waals surface area contributed by atoms with Gasteiger partial charge in [-0.1, -0.05) is 178 Å². The molecular formula is C49H89O8P. The van der Waals surface area contributed by atoms with Crippen LogP contribution in [-0.2, 0) is 32.7 Å². The Morgan fingerprint density at radius 2 is 0.828 bits per heavy atom. The second kappa shape index (κ2) is 44.6. The first kappa shape index (κ1) is 56.0. The van der Waals surface area contributed by atoms with E-state index in [2.05, 4.69) is 62.5 Å². The molecule has 0 aromatic heterocycles.